The lowest BCUT2D eigenvalue weighted by Crippen LogP contribution is -2.15. The van der Waals surface area contributed by atoms with Gasteiger partial charge in [0.05, 0.1) is 5.75 Å². The van der Waals surface area contributed by atoms with Crippen LogP contribution >= 0.6 is 23.1 Å². The van der Waals surface area contributed by atoms with Crippen molar-refractivity contribution in [3.63, 3.8) is 0 Å². The molecule has 0 aliphatic rings. The number of thiophene rings is 1. The molecule has 0 saturated heterocycles. The first-order chi connectivity index (χ1) is 14.1. The Morgan fingerprint density at radius 3 is 2.79 bits per heavy atom. The molecule has 29 heavy (non-hydrogen) atoms. The van der Waals surface area contributed by atoms with Gasteiger partial charge in [0, 0.05) is 33.3 Å². The average molecular weight is 423 g/mol. The number of nitrogens with zero attached hydrogens (tertiary/aromatic N) is 3. The van der Waals surface area contributed by atoms with Gasteiger partial charge in [0.2, 0.25) is 5.91 Å². The number of nitrogens with one attached hydrogen (secondary N) is 1. The summed E-state index contributed by atoms with van der Waals surface area (Å²) in [6.07, 6.45) is 0. The molecule has 0 unspecified atom stereocenters. The van der Waals surface area contributed by atoms with Gasteiger partial charge in [-0.1, -0.05) is 47.7 Å². The van der Waals surface area contributed by atoms with Crippen molar-refractivity contribution < 1.29 is 4.79 Å². The Morgan fingerprint density at radius 1 is 1.17 bits per heavy atom. The lowest BCUT2D eigenvalue weighted by atomic mass is 10.1. The van der Waals surface area contributed by atoms with E-state index in [2.05, 4.69) is 50.6 Å². The van der Waals surface area contributed by atoms with Crippen LogP contribution in [-0.4, -0.2) is 26.4 Å². The van der Waals surface area contributed by atoms with Gasteiger partial charge in [-0.25, -0.2) is 0 Å². The highest BCUT2D eigenvalue weighted by Gasteiger charge is 2.17. The molecule has 0 spiro atoms. The third-order valence-corrected chi connectivity index (χ3v) is 6.67. The molecule has 0 bridgehead atoms. The fraction of sp³-hybridized carbons (Fsp3) is 0.227. The first-order valence-corrected chi connectivity index (χ1v) is 11.3. The predicted octanol–water partition coefficient (Wildman–Crippen LogP) is 5.53. The maximum atomic E-state index is 12.4. The molecule has 0 aliphatic heterocycles. The van der Waals surface area contributed by atoms with Crippen LogP contribution in [0.25, 0.3) is 21.5 Å². The Hall–Kier alpha value is -2.64. The smallest absolute Gasteiger partial charge is 0.234 e. The van der Waals surface area contributed by atoms with E-state index in [1.54, 1.807) is 11.3 Å². The number of hydrogen-bond donors (Lipinski definition) is 1. The van der Waals surface area contributed by atoms with Crippen molar-refractivity contribution in [3.05, 3.63) is 59.0 Å². The number of thioether (sulfide) groups is 1. The van der Waals surface area contributed by atoms with Crippen molar-refractivity contribution >= 4 is 44.8 Å². The maximum Gasteiger partial charge on any atom is 0.234 e. The summed E-state index contributed by atoms with van der Waals surface area (Å²) in [5, 5.41) is 15.8. The van der Waals surface area contributed by atoms with E-state index in [9.17, 15) is 4.79 Å². The Bertz CT molecular complexity index is 1180. The SMILES string of the molecule is CCn1c(SCC(=O)Nc2ccc(C)cc2C)nnc1-c1csc2ccccc12. The van der Waals surface area contributed by atoms with Gasteiger partial charge in [0.1, 0.15) is 0 Å². The summed E-state index contributed by atoms with van der Waals surface area (Å²) in [6, 6.07) is 14.3. The summed E-state index contributed by atoms with van der Waals surface area (Å²) in [7, 11) is 0. The lowest BCUT2D eigenvalue weighted by Gasteiger charge is -2.09. The van der Waals surface area contributed by atoms with Crippen LogP contribution in [0.3, 0.4) is 0 Å². The Balaban J connectivity index is 1.50. The summed E-state index contributed by atoms with van der Waals surface area (Å²) < 4.78 is 3.30. The molecule has 1 N–H and O–H groups in total. The molecule has 148 valence electrons. The van der Waals surface area contributed by atoms with E-state index in [0.29, 0.717) is 0 Å². The molecule has 0 fully saturated rings. The van der Waals surface area contributed by atoms with Gasteiger partial charge in [0.15, 0.2) is 11.0 Å². The van der Waals surface area contributed by atoms with Crippen LogP contribution in [0.15, 0.2) is 53.0 Å². The lowest BCUT2D eigenvalue weighted by molar-refractivity contribution is -0.113. The van der Waals surface area contributed by atoms with Crippen LogP contribution in [0.4, 0.5) is 5.69 Å². The van der Waals surface area contributed by atoms with Crippen LogP contribution in [0.2, 0.25) is 0 Å². The summed E-state index contributed by atoms with van der Waals surface area (Å²) in [5.74, 6) is 1.09. The molecule has 2 heterocycles. The van der Waals surface area contributed by atoms with E-state index >= 15 is 0 Å². The summed E-state index contributed by atoms with van der Waals surface area (Å²) in [4.78, 5) is 12.4. The van der Waals surface area contributed by atoms with E-state index in [4.69, 9.17) is 0 Å². The molecule has 0 saturated carbocycles. The first kappa shape index (κ1) is 19.7. The molecule has 5 nitrogen and oxygen atoms in total. The molecular weight excluding hydrogens is 400 g/mol. The van der Waals surface area contributed by atoms with Crippen molar-refractivity contribution in [2.45, 2.75) is 32.5 Å². The Kier molecular flexibility index (Phi) is 5.69. The van der Waals surface area contributed by atoms with Crippen molar-refractivity contribution in [2.75, 3.05) is 11.1 Å². The van der Waals surface area contributed by atoms with Crippen molar-refractivity contribution in [3.8, 4) is 11.4 Å². The number of carbonyl (C=O) groups excluding carboxylic acids is 1. The normalized spacial score (nSPS) is 11.1. The summed E-state index contributed by atoms with van der Waals surface area (Å²) in [6.45, 7) is 6.86. The van der Waals surface area contributed by atoms with Gasteiger partial charge in [-0.05, 0) is 38.5 Å². The van der Waals surface area contributed by atoms with E-state index in [0.717, 1.165) is 34.3 Å². The van der Waals surface area contributed by atoms with Crippen molar-refractivity contribution in [1.29, 1.82) is 0 Å². The zero-order chi connectivity index (χ0) is 20.4. The topological polar surface area (TPSA) is 59.8 Å². The van der Waals surface area contributed by atoms with Crippen LogP contribution in [0.1, 0.15) is 18.1 Å². The molecule has 7 heteroatoms. The number of anilines is 1. The van der Waals surface area contributed by atoms with Gasteiger partial charge in [-0.15, -0.1) is 21.5 Å². The van der Waals surface area contributed by atoms with Crippen molar-refractivity contribution in [1.82, 2.24) is 14.8 Å². The van der Waals surface area contributed by atoms with Crippen LogP contribution in [0, 0.1) is 13.8 Å². The highest BCUT2D eigenvalue weighted by molar-refractivity contribution is 7.99. The van der Waals surface area contributed by atoms with Crippen molar-refractivity contribution in [2.24, 2.45) is 0 Å². The predicted molar refractivity (Wildman–Crippen MR) is 122 cm³/mol. The number of rotatable bonds is 6. The van der Waals surface area contributed by atoms with Gasteiger partial charge >= 0.3 is 0 Å². The number of fused-ring (bicyclic) bond motifs is 1. The highest BCUT2D eigenvalue weighted by Crippen LogP contribution is 2.34. The average Bonchev–Trinajstić information content (AvgIpc) is 3.31. The molecular formula is C22H22N4OS2. The molecule has 2 aromatic heterocycles. The molecule has 0 atom stereocenters. The Morgan fingerprint density at radius 2 is 2.00 bits per heavy atom. The number of aromatic nitrogens is 3. The second kappa shape index (κ2) is 8.39. The minimum atomic E-state index is -0.0462. The van der Waals surface area contributed by atoms with Crippen LogP contribution in [0.5, 0.6) is 0 Å². The van der Waals surface area contributed by atoms with Crippen LogP contribution < -0.4 is 5.32 Å². The molecule has 4 aromatic rings. The largest absolute Gasteiger partial charge is 0.325 e. The first-order valence-electron chi connectivity index (χ1n) is 9.46. The van der Waals surface area contributed by atoms with Gasteiger partial charge in [0.25, 0.3) is 0 Å². The van der Waals surface area contributed by atoms with Gasteiger partial charge < -0.3 is 9.88 Å². The molecule has 4 rings (SSSR count). The second-order valence-corrected chi connectivity index (χ2v) is 8.70. The fourth-order valence-corrected chi connectivity index (χ4v) is 5.04. The molecule has 2 aromatic carbocycles. The maximum absolute atomic E-state index is 12.4. The standard InChI is InChI=1S/C22H22N4OS2/c1-4-26-21(17-12-28-19-8-6-5-7-16(17)19)24-25-22(26)29-13-20(27)23-18-10-9-14(2)11-15(18)3/h5-12H,4,13H2,1-3H3,(H,23,27). The second-order valence-electron chi connectivity index (χ2n) is 6.85. The van der Waals surface area contributed by atoms with Gasteiger partial charge in [-0.2, -0.15) is 0 Å². The minimum Gasteiger partial charge on any atom is -0.325 e. The summed E-state index contributed by atoms with van der Waals surface area (Å²) in [5.41, 5.74) is 4.18. The van der Waals surface area contributed by atoms with E-state index < -0.39 is 0 Å². The number of aryl methyl sites for hydroxylation is 2. The third kappa shape index (κ3) is 4.06. The molecule has 0 aliphatic carbocycles. The van der Waals surface area contributed by atoms with E-state index in [-0.39, 0.29) is 11.7 Å². The highest BCUT2D eigenvalue weighted by atomic mass is 32.2. The number of amides is 1. The number of benzene rings is 2. The Labute approximate surface area is 178 Å². The molecule has 1 amide bonds. The van der Waals surface area contributed by atoms with Crippen LogP contribution in [-0.2, 0) is 11.3 Å². The van der Waals surface area contributed by atoms with E-state index in [1.807, 2.05) is 38.1 Å². The van der Waals surface area contributed by atoms with E-state index in [1.165, 1.54) is 27.4 Å². The summed E-state index contributed by atoms with van der Waals surface area (Å²) >= 11 is 3.12. The number of hydrogen-bond acceptors (Lipinski definition) is 5. The zero-order valence-corrected chi connectivity index (χ0v) is 18.2. The third-order valence-electron chi connectivity index (χ3n) is 4.74. The molecule has 0 radical (unpaired) electrons. The minimum absolute atomic E-state index is 0.0462. The fourth-order valence-electron chi connectivity index (χ4n) is 3.30. The van der Waals surface area contributed by atoms with Gasteiger partial charge in [-0.3, -0.25) is 4.79 Å². The monoisotopic (exact) mass is 422 g/mol. The number of carbonyl (C=O) groups is 1. The zero-order valence-electron chi connectivity index (χ0n) is 16.6. The quantitative estimate of drug-likeness (QED) is 0.415.